The Morgan fingerprint density at radius 2 is 1.63 bits per heavy atom. The summed E-state index contributed by atoms with van der Waals surface area (Å²) in [7, 11) is 0. The lowest BCUT2D eigenvalue weighted by Crippen LogP contribution is -2.52. The second-order valence-corrected chi connectivity index (χ2v) is 5.26. The fourth-order valence-corrected chi connectivity index (χ4v) is 2.85. The van der Waals surface area contributed by atoms with E-state index < -0.39 is 0 Å². The van der Waals surface area contributed by atoms with Gasteiger partial charge in [0.05, 0.1) is 6.17 Å². The van der Waals surface area contributed by atoms with Crippen LogP contribution in [0.5, 0.6) is 0 Å². The lowest BCUT2D eigenvalue weighted by Gasteiger charge is -2.38. The van der Waals surface area contributed by atoms with Crippen LogP contribution in [0.2, 0.25) is 0 Å². The lowest BCUT2D eigenvalue weighted by atomic mass is 10.1. The number of hydrogen-bond acceptors (Lipinski definition) is 3. The molecule has 3 heteroatoms. The molecule has 1 atom stereocenters. The van der Waals surface area contributed by atoms with Gasteiger partial charge in [-0.25, -0.2) is 0 Å². The molecule has 3 rings (SSSR count). The van der Waals surface area contributed by atoms with Crippen LogP contribution in [0.1, 0.15) is 6.92 Å². The zero-order valence-corrected chi connectivity index (χ0v) is 11.4. The van der Waals surface area contributed by atoms with Crippen molar-refractivity contribution in [2.75, 3.05) is 31.1 Å². The molecule has 0 radical (unpaired) electrons. The molecule has 100 valence electrons. The Morgan fingerprint density at radius 3 is 2.37 bits per heavy atom. The van der Waals surface area contributed by atoms with E-state index in [0.717, 1.165) is 26.2 Å². The highest BCUT2D eigenvalue weighted by molar-refractivity contribution is 5.94. The molecule has 1 saturated heterocycles. The normalized spacial score (nSPS) is 18.7. The lowest BCUT2D eigenvalue weighted by molar-refractivity contribution is 0.201. The molecule has 2 aromatic carbocycles. The van der Waals surface area contributed by atoms with E-state index in [9.17, 15) is 0 Å². The van der Waals surface area contributed by atoms with Gasteiger partial charge in [0.15, 0.2) is 0 Å². The van der Waals surface area contributed by atoms with Crippen LogP contribution in [0.25, 0.3) is 10.8 Å². The highest BCUT2D eigenvalue weighted by Crippen LogP contribution is 2.27. The van der Waals surface area contributed by atoms with Crippen molar-refractivity contribution in [2.24, 2.45) is 5.73 Å². The summed E-state index contributed by atoms with van der Waals surface area (Å²) in [5.74, 6) is 0. The van der Waals surface area contributed by atoms with Crippen LogP contribution in [0, 0.1) is 0 Å². The summed E-state index contributed by atoms with van der Waals surface area (Å²) < 4.78 is 0. The van der Waals surface area contributed by atoms with Crippen LogP contribution < -0.4 is 10.6 Å². The number of nitrogens with zero attached hydrogens (tertiary/aromatic N) is 2. The van der Waals surface area contributed by atoms with E-state index in [1.807, 2.05) is 0 Å². The van der Waals surface area contributed by atoms with Gasteiger partial charge in [0.2, 0.25) is 0 Å². The van der Waals surface area contributed by atoms with Crippen molar-refractivity contribution >= 4 is 16.5 Å². The second-order valence-electron chi connectivity index (χ2n) is 5.26. The first kappa shape index (κ1) is 12.5. The van der Waals surface area contributed by atoms with Crippen molar-refractivity contribution in [2.45, 2.75) is 13.1 Å². The smallest absolute Gasteiger partial charge is 0.0544 e. The Labute approximate surface area is 114 Å². The first-order valence-corrected chi connectivity index (χ1v) is 6.98. The monoisotopic (exact) mass is 255 g/mol. The second kappa shape index (κ2) is 5.19. The Hall–Kier alpha value is -1.58. The average Bonchev–Trinajstić information content (AvgIpc) is 2.47. The molecule has 1 fully saturated rings. The molecular weight excluding hydrogens is 234 g/mol. The van der Waals surface area contributed by atoms with Gasteiger partial charge >= 0.3 is 0 Å². The van der Waals surface area contributed by atoms with Crippen molar-refractivity contribution in [1.29, 1.82) is 0 Å². The number of piperazine rings is 1. The predicted molar refractivity (Wildman–Crippen MR) is 81.4 cm³/mol. The van der Waals surface area contributed by atoms with Crippen molar-refractivity contribution in [3.63, 3.8) is 0 Å². The number of anilines is 1. The van der Waals surface area contributed by atoms with Gasteiger partial charge in [0.1, 0.15) is 0 Å². The van der Waals surface area contributed by atoms with E-state index in [4.69, 9.17) is 5.73 Å². The third-order valence-electron chi connectivity index (χ3n) is 4.00. The van der Waals surface area contributed by atoms with Crippen molar-refractivity contribution < 1.29 is 0 Å². The zero-order chi connectivity index (χ0) is 13.2. The van der Waals surface area contributed by atoms with Crippen LogP contribution >= 0.6 is 0 Å². The molecule has 19 heavy (non-hydrogen) atoms. The maximum absolute atomic E-state index is 5.95. The molecule has 0 aliphatic carbocycles. The van der Waals surface area contributed by atoms with Crippen LogP contribution in [-0.4, -0.2) is 37.2 Å². The summed E-state index contributed by atoms with van der Waals surface area (Å²) in [6, 6.07) is 15.2. The van der Waals surface area contributed by atoms with Crippen LogP contribution in [-0.2, 0) is 0 Å². The highest BCUT2D eigenvalue weighted by atomic mass is 15.3. The van der Waals surface area contributed by atoms with E-state index in [2.05, 4.69) is 59.2 Å². The Balaban J connectivity index is 1.86. The summed E-state index contributed by atoms with van der Waals surface area (Å²) in [6.45, 7) is 6.25. The quantitative estimate of drug-likeness (QED) is 0.893. The van der Waals surface area contributed by atoms with Gasteiger partial charge in [0, 0.05) is 37.3 Å². The largest absolute Gasteiger partial charge is 0.368 e. The molecule has 1 aliphatic heterocycles. The predicted octanol–water partition coefficient (Wildman–Crippen LogP) is 2.27. The molecular formula is C16H21N3. The molecule has 2 aromatic rings. The molecule has 0 saturated carbocycles. The van der Waals surface area contributed by atoms with Gasteiger partial charge in [-0.1, -0.05) is 36.4 Å². The number of nitrogens with two attached hydrogens (primary N) is 1. The molecule has 0 aromatic heterocycles. The fourth-order valence-electron chi connectivity index (χ4n) is 2.85. The zero-order valence-electron chi connectivity index (χ0n) is 11.4. The van der Waals surface area contributed by atoms with Crippen molar-refractivity contribution in [1.82, 2.24) is 4.90 Å². The van der Waals surface area contributed by atoms with E-state index >= 15 is 0 Å². The molecule has 0 amide bonds. The Morgan fingerprint density at radius 1 is 0.947 bits per heavy atom. The summed E-state index contributed by atoms with van der Waals surface area (Å²) in [4.78, 5) is 4.81. The number of fused-ring (bicyclic) bond motifs is 1. The summed E-state index contributed by atoms with van der Waals surface area (Å²) in [5, 5.41) is 2.66. The van der Waals surface area contributed by atoms with Crippen molar-refractivity contribution in [3.05, 3.63) is 42.5 Å². The van der Waals surface area contributed by atoms with Gasteiger partial charge in [-0.2, -0.15) is 0 Å². The van der Waals surface area contributed by atoms with Gasteiger partial charge in [-0.3, -0.25) is 4.90 Å². The SMILES string of the molecule is CC(N)N1CCN(c2cccc3ccccc23)CC1. The topological polar surface area (TPSA) is 32.5 Å². The fraction of sp³-hybridized carbons (Fsp3) is 0.375. The highest BCUT2D eigenvalue weighted by Gasteiger charge is 2.20. The number of hydrogen-bond donors (Lipinski definition) is 1. The Kier molecular flexibility index (Phi) is 3.40. The van der Waals surface area contributed by atoms with Gasteiger partial charge in [0.25, 0.3) is 0 Å². The van der Waals surface area contributed by atoms with Gasteiger partial charge in [-0.15, -0.1) is 0 Å². The molecule has 0 bridgehead atoms. The summed E-state index contributed by atoms with van der Waals surface area (Å²) in [6.07, 6.45) is 0.162. The maximum atomic E-state index is 5.95. The van der Waals surface area contributed by atoms with Gasteiger partial charge < -0.3 is 10.6 Å². The number of benzene rings is 2. The molecule has 1 unspecified atom stereocenters. The molecule has 1 heterocycles. The third kappa shape index (κ3) is 2.44. The van der Waals surface area contributed by atoms with E-state index in [-0.39, 0.29) is 6.17 Å². The first-order chi connectivity index (χ1) is 9.25. The summed E-state index contributed by atoms with van der Waals surface area (Å²) >= 11 is 0. The minimum Gasteiger partial charge on any atom is -0.368 e. The average molecular weight is 255 g/mol. The van der Waals surface area contributed by atoms with E-state index in [1.165, 1.54) is 16.5 Å². The van der Waals surface area contributed by atoms with Crippen molar-refractivity contribution in [3.8, 4) is 0 Å². The third-order valence-corrected chi connectivity index (χ3v) is 4.00. The van der Waals surface area contributed by atoms with E-state index in [0.29, 0.717) is 0 Å². The standard InChI is InChI=1S/C16H21N3/c1-13(17)18-9-11-19(12-10-18)16-8-4-6-14-5-2-3-7-15(14)16/h2-8,13H,9-12,17H2,1H3. The molecule has 0 spiro atoms. The maximum Gasteiger partial charge on any atom is 0.0544 e. The molecule has 1 aliphatic rings. The number of rotatable bonds is 2. The van der Waals surface area contributed by atoms with Crippen LogP contribution in [0.15, 0.2) is 42.5 Å². The minimum atomic E-state index is 0.162. The molecule has 2 N–H and O–H groups in total. The first-order valence-electron chi connectivity index (χ1n) is 6.98. The minimum absolute atomic E-state index is 0.162. The Bertz CT molecular complexity index is 551. The molecule has 3 nitrogen and oxygen atoms in total. The summed E-state index contributed by atoms with van der Waals surface area (Å²) in [5.41, 5.74) is 7.30. The van der Waals surface area contributed by atoms with E-state index in [1.54, 1.807) is 0 Å². The van der Waals surface area contributed by atoms with Crippen LogP contribution in [0.3, 0.4) is 0 Å². The van der Waals surface area contributed by atoms with Gasteiger partial charge in [-0.05, 0) is 18.4 Å². The van der Waals surface area contributed by atoms with Crippen LogP contribution in [0.4, 0.5) is 5.69 Å².